The summed E-state index contributed by atoms with van der Waals surface area (Å²) in [6, 6.07) is 11.7. The number of fused-ring (bicyclic) bond motifs is 1. The Labute approximate surface area is 147 Å². The summed E-state index contributed by atoms with van der Waals surface area (Å²) in [7, 11) is 0. The molecule has 0 unspecified atom stereocenters. The van der Waals surface area contributed by atoms with E-state index in [4.69, 9.17) is 11.6 Å². The van der Waals surface area contributed by atoms with Gasteiger partial charge >= 0.3 is 0 Å². The van der Waals surface area contributed by atoms with Crippen molar-refractivity contribution in [3.63, 3.8) is 0 Å². The van der Waals surface area contributed by atoms with Crippen LogP contribution in [0.15, 0.2) is 36.4 Å². The number of aryl methyl sites for hydroxylation is 3. The topological polar surface area (TPSA) is 34.0 Å². The van der Waals surface area contributed by atoms with Gasteiger partial charge in [-0.05, 0) is 68.7 Å². The first-order valence-corrected chi connectivity index (χ1v) is 8.47. The second-order valence-corrected chi connectivity index (χ2v) is 6.52. The molecule has 0 aliphatic carbocycles. The van der Waals surface area contributed by atoms with Gasteiger partial charge in [-0.25, -0.2) is 0 Å². The predicted octanol–water partition coefficient (Wildman–Crippen LogP) is 5.49. The molecule has 0 saturated heterocycles. The average Bonchev–Trinajstić information content (AvgIpc) is 2.83. The van der Waals surface area contributed by atoms with Gasteiger partial charge in [0.25, 0.3) is 5.91 Å². The lowest BCUT2D eigenvalue weighted by Crippen LogP contribution is -2.18. The number of hydrogen-bond donors (Lipinski definition) is 1. The number of hydrogen-bond acceptors (Lipinski definition) is 1. The van der Waals surface area contributed by atoms with Crippen molar-refractivity contribution in [1.29, 1.82) is 0 Å². The van der Waals surface area contributed by atoms with Crippen LogP contribution >= 0.6 is 11.6 Å². The molecule has 2 aromatic carbocycles. The minimum Gasteiger partial charge on any atom is -0.337 e. The SMILES string of the molecule is CCn1c(C(=O)Nc2cccc(C)c2C)c(C)c2cc(Cl)ccc21. The lowest BCUT2D eigenvalue weighted by atomic mass is 10.1. The van der Waals surface area contributed by atoms with Gasteiger partial charge in [0.05, 0.1) is 0 Å². The van der Waals surface area contributed by atoms with Gasteiger partial charge in [0.15, 0.2) is 0 Å². The molecule has 0 saturated carbocycles. The highest BCUT2D eigenvalue weighted by Crippen LogP contribution is 2.29. The van der Waals surface area contributed by atoms with Gasteiger partial charge in [-0.2, -0.15) is 0 Å². The van der Waals surface area contributed by atoms with Crippen molar-refractivity contribution in [1.82, 2.24) is 4.57 Å². The molecule has 1 aromatic heterocycles. The van der Waals surface area contributed by atoms with Crippen LogP contribution in [0.3, 0.4) is 0 Å². The van der Waals surface area contributed by atoms with Crippen LogP contribution in [-0.2, 0) is 6.54 Å². The standard InChI is InChI=1S/C20H21ClN2O/c1-5-23-18-10-9-15(21)11-16(18)14(4)19(23)20(24)22-17-8-6-7-12(2)13(17)3/h6-11H,5H2,1-4H3,(H,22,24). The van der Waals surface area contributed by atoms with Gasteiger partial charge in [0, 0.05) is 28.2 Å². The molecule has 24 heavy (non-hydrogen) atoms. The van der Waals surface area contributed by atoms with Crippen molar-refractivity contribution in [3.8, 4) is 0 Å². The molecule has 0 aliphatic heterocycles. The number of amides is 1. The Morgan fingerprint density at radius 3 is 2.58 bits per heavy atom. The van der Waals surface area contributed by atoms with E-state index in [2.05, 4.69) is 5.32 Å². The molecule has 0 fully saturated rings. The lowest BCUT2D eigenvalue weighted by molar-refractivity contribution is 0.101. The van der Waals surface area contributed by atoms with Crippen LogP contribution < -0.4 is 5.32 Å². The maximum Gasteiger partial charge on any atom is 0.272 e. The number of carbonyl (C=O) groups is 1. The Morgan fingerprint density at radius 2 is 1.88 bits per heavy atom. The molecule has 0 radical (unpaired) electrons. The van der Waals surface area contributed by atoms with Crippen LogP contribution in [0.25, 0.3) is 10.9 Å². The van der Waals surface area contributed by atoms with Crippen LogP contribution in [0.4, 0.5) is 5.69 Å². The Balaban J connectivity index is 2.10. The maximum atomic E-state index is 13.0. The van der Waals surface area contributed by atoms with Gasteiger partial charge in [0.2, 0.25) is 0 Å². The van der Waals surface area contributed by atoms with E-state index in [1.54, 1.807) is 0 Å². The van der Waals surface area contributed by atoms with Crippen LogP contribution in [0.2, 0.25) is 5.02 Å². The van der Waals surface area contributed by atoms with Crippen LogP contribution in [-0.4, -0.2) is 10.5 Å². The van der Waals surface area contributed by atoms with E-state index in [-0.39, 0.29) is 5.91 Å². The van der Waals surface area contributed by atoms with E-state index in [0.29, 0.717) is 10.7 Å². The number of aromatic nitrogens is 1. The summed E-state index contributed by atoms with van der Waals surface area (Å²) < 4.78 is 2.04. The third-order valence-corrected chi connectivity index (χ3v) is 4.90. The molecule has 3 nitrogen and oxygen atoms in total. The highest BCUT2D eigenvalue weighted by Gasteiger charge is 2.20. The molecule has 3 aromatic rings. The molecule has 0 aliphatic rings. The number of carbonyl (C=O) groups excluding carboxylic acids is 1. The third kappa shape index (κ3) is 2.69. The molecule has 0 atom stereocenters. The zero-order valence-electron chi connectivity index (χ0n) is 14.4. The fraction of sp³-hybridized carbons (Fsp3) is 0.250. The molecule has 1 heterocycles. The summed E-state index contributed by atoms with van der Waals surface area (Å²) in [5.74, 6) is -0.0876. The number of halogens is 1. The fourth-order valence-corrected chi connectivity index (χ4v) is 3.36. The molecular weight excluding hydrogens is 320 g/mol. The normalized spacial score (nSPS) is 11.0. The van der Waals surface area contributed by atoms with Crippen LogP contribution in [0.5, 0.6) is 0 Å². The zero-order chi connectivity index (χ0) is 17.4. The van der Waals surface area contributed by atoms with E-state index >= 15 is 0 Å². The van der Waals surface area contributed by atoms with Crippen LogP contribution in [0.1, 0.15) is 34.1 Å². The van der Waals surface area contributed by atoms with Crippen molar-refractivity contribution in [2.75, 3.05) is 5.32 Å². The molecule has 0 spiro atoms. The number of nitrogens with zero attached hydrogens (tertiary/aromatic N) is 1. The van der Waals surface area contributed by atoms with Crippen molar-refractivity contribution < 1.29 is 4.79 Å². The van der Waals surface area contributed by atoms with Gasteiger partial charge in [-0.1, -0.05) is 23.7 Å². The molecule has 1 N–H and O–H groups in total. The summed E-state index contributed by atoms with van der Waals surface area (Å²) >= 11 is 6.13. The highest BCUT2D eigenvalue weighted by atomic mass is 35.5. The molecule has 3 rings (SSSR count). The first-order chi connectivity index (χ1) is 11.4. The molecular formula is C20H21ClN2O. The lowest BCUT2D eigenvalue weighted by Gasteiger charge is -2.13. The van der Waals surface area contributed by atoms with E-state index in [1.165, 1.54) is 0 Å². The first kappa shape index (κ1) is 16.6. The molecule has 4 heteroatoms. The summed E-state index contributed by atoms with van der Waals surface area (Å²) in [4.78, 5) is 13.0. The Hall–Kier alpha value is -2.26. The fourth-order valence-electron chi connectivity index (χ4n) is 3.18. The van der Waals surface area contributed by atoms with Gasteiger partial charge in [-0.3, -0.25) is 4.79 Å². The monoisotopic (exact) mass is 340 g/mol. The van der Waals surface area contributed by atoms with Gasteiger partial charge < -0.3 is 9.88 Å². The Kier molecular flexibility index (Phi) is 4.37. The van der Waals surface area contributed by atoms with Gasteiger partial charge in [0.1, 0.15) is 5.69 Å². The summed E-state index contributed by atoms with van der Waals surface area (Å²) in [5, 5.41) is 4.77. The molecule has 124 valence electrons. The minimum absolute atomic E-state index is 0.0876. The molecule has 0 bridgehead atoms. The maximum absolute atomic E-state index is 13.0. The highest BCUT2D eigenvalue weighted by molar-refractivity contribution is 6.31. The van der Waals surface area contributed by atoms with Crippen molar-refractivity contribution in [3.05, 3.63) is 63.8 Å². The summed E-state index contributed by atoms with van der Waals surface area (Å²) in [6.07, 6.45) is 0. The minimum atomic E-state index is -0.0876. The smallest absolute Gasteiger partial charge is 0.272 e. The number of benzene rings is 2. The van der Waals surface area contributed by atoms with Gasteiger partial charge in [-0.15, -0.1) is 0 Å². The van der Waals surface area contributed by atoms with Crippen LogP contribution in [0, 0.1) is 20.8 Å². The number of nitrogens with one attached hydrogen (secondary N) is 1. The quantitative estimate of drug-likeness (QED) is 0.671. The van der Waals surface area contributed by atoms with E-state index in [0.717, 1.165) is 39.8 Å². The Morgan fingerprint density at radius 1 is 1.12 bits per heavy atom. The average molecular weight is 341 g/mol. The van der Waals surface area contributed by atoms with E-state index in [9.17, 15) is 4.79 Å². The largest absolute Gasteiger partial charge is 0.337 e. The molecule has 1 amide bonds. The number of rotatable bonds is 3. The zero-order valence-corrected chi connectivity index (χ0v) is 15.2. The first-order valence-electron chi connectivity index (χ1n) is 8.10. The summed E-state index contributed by atoms with van der Waals surface area (Å²) in [5.41, 5.74) is 5.78. The van der Waals surface area contributed by atoms with E-state index < -0.39 is 0 Å². The summed E-state index contributed by atoms with van der Waals surface area (Å²) in [6.45, 7) is 8.81. The predicted molar refractivity (Wildman–Crippen MR) is 101 cm³/mol. The second kappa shape index (κ2) is 6.33. The van der Waals surface area contributed by atoms with Crippen molar-refractivity contribution in [2.45, 2.75) is 34.2 Å². The van der Waals surface area contributed by atoms with Crippen molar-refractivity contribution >= 4 is 34.1 Å². The van der Waals surface area contributed by atoms with Crippen molar-refractivity contribution in [2.24, 2.45) is 0 Å². The number of anilines is 1. The Bertz CT molecular complexity index is 940. The second-order valence-electron chi connectivity index (χ2n) is 6.08. The van der Waals surface area contributed by atoms with E-state index in [1.807, 2.05) is 68.7 Å². The third-order valence-electron chi connectivity index (χ3n) is 4.66.